The molecule has 0 aromatic heterocycles. The SMILES string of the molecule is CCCc1ccccc1.OBO. The lowest BCUT2D eigenvalue weighted by Crippen LogP contribution is -1.78. The van der Waals surface area contributed by atoms with E-state index in [4.69, 9.17) is 10.0 Å². The summed E-state index contributed by atoms with van der Waals surface area (Å²) in [6.45, 7) is 2.20. The van der Waals surface area contributed by atoms with Crippen LogP contribution in [-0.4, -0.2) is 17.7 Å². The van der Waals surface area contributed by atoms with E-state index in [-0.39, 0.29) is 0 Å². The maximum atomic E-state index is 7.12. The first-order chi connectivity index (χ1) is 5.85. The number of rotatable bonds is 2. The minimum absolute atomic E-state index is 0.750. The number of aryl methyl sites for hydroxylation is 1. The third-order valence-corrected chi connectivity index (χ3v) is 1.38. The zero-order chi connectivity index (χ0) is 9.23. The first-order valence-corrected chi connectivity index (χ1v) is 4.10. The molecule has 0 fully saturated rings. The van der Waals surface area contributed by atoms with Gasteiger partial charge in [-0.3, -0.25) is 0 Å². The van der Waals surface area contributed by atoms with Gasteiger partial charge >= 0.3 is 7.69 Å². The summed E-state index contributed by atoms with van der Waals surface area (Å²) < 4.78 is 0. The van der Waals surface area contributed by atoms with E-state index in [0.717, 1.165) is 0 Å². The molecule has 0 saturated carbocycles. The van der Waals surface area contributed by atoms with E-state index in [1.807, 2.05) is 0 Å². The van der Waals surface area contributed by atoms with E-state index in [1.165, 1.54) is 18.4 Å². The van der Waals surface area contributed by atoms with Crippen LogP contribution in [0, 0.1) is 0 Å². The van der Waals surface area contributed by atoms with E-state index in [1.54, 1.807) is 0 Å². The highest BCUT2D eigenvalue weighted by Gasteiger charge is 1.84. The van der Waals surface area contributed by atoms with Gasteiger partial charge in [0.2, 0.25) is 0 Å². The van der Waals surface area contributed by atoms with Gasteiger partial charge in [-0.1, -0.05) is 43.7 Å². The zero-order valence-electron chi connectivity index (χ0n) is 7.40. The Bertz CT molecular complexity index is 177. The van der Waals surface area contributed by atoms with Crippen LogP contribution in [0.2, 0.25) is 0 Å². The van der Waals surface area contributed by atoms with Crippen molar-refractivity contribution in [3.05, 3.63) is 35.9 Å². The second-order valence-electron chi connectivity index (χ2n) is 2.38. The molecule has 1 rings (SSSR count). The summed E-state index contributed by atoms with van der Waals surface area (Å²) >= 11 is 0. The average molecular weight is 166 g/mol. The molecule has 2 nitrogen and oxygen atoms in total. The Kier molecular flexibility index (Phi) is 7.75. The first-order valence-electron chi connectivity index (χ1n) is 4.10. The van der Waals surface area contributed by atoms with Crippen LogP contribution in [0.5, 0.6) is 0 Å². The van der Waals surface area contributed by atoms with Gasteiger partial charge in [0.25, 0.3) is 0 Å². The molecule has 0 radical (unpaired) electrons. The standard InChI is InChI=1S/C9H12.BH3O2/c1-2-6-9-7-4-3-5-8-9;2-1-3/h3-5,7-8H,2,6H2,1H3;1-3H. The summed E-state index contributed by atoms with van der Waals surface area (Å²) in [5, 5.41) is 14.2. The minimum Gasteiger partial charge on any atom is -0.430 e. The molecule has 1 aromatic rings. The monoisotopic (exact) mass is 166 g/mol. The number of hydrogen-bond donors (Lipinski definition) is 2. The van der Waals surface area contributed by atoms with Crippen LogP contribution in [0.15, 0.2) is 30.3 Å². The van der Waals surface area contributed by atoms with Crippen molar-refractivity contribution in [3.8, 4) is 0 Å². The Hall–Kier alpha value is -0.795. The lowest BCUT2D eigenvalue weighted by atomic mass is 10.1. The van der Waals surface area contributed by atoms with Gasteiger partial charge < -0.3 is 10.0 Å². The molecule has 0 aliphatic rings. The van der Waals surface area contributed by atoms with Crippen LogP contribution in [0.25, 0.3) is 0 Å². The Morgan fingerprint density at radius 2 is 1.67 bits per heavy atom. The second kappa shape index (κ2) is 8.30. The molecule has 0 atom stereocenters. The van der Waals surface area contributed by atoms with Gasteiger partial charge in [0, 0.05) is 0 Å². The summed E-state index contributed by atoms with van der Waals surface area (Å²) in [6.07, 6.45) is 2.45. The largest absolute Gasteiger partial charge is 0.432 e. The molecule has 0 heterocycles. The molecule has 0 spiro atoms. The van der Waals surface area contributed by atoms with Crippen molar-refractivity contribution in [2.75, 3.05) is 0 Å². The Balaban J connectivity index is 0.000000354. The fourth-order valence-corrected chi connectivity index (χ4v) is 0.933. The van der Waals surface area contributed by atoms with Crippen molar-refractivity contribution in [2.24, 2.45) is 0 Å². The molecule has 12 heavy (non-hydrogen) atoms. The van der Waals surface area contributed by atoms with Crippen LogP contribution in [-0.2, 0) is 6.42 Å². The molecule has 2 N–H and O–H groups in total. The van der Waals surface area contributed by atoms with E-state index in [2.05, 4.69) is 37.3 Å². The summed E-state index contributed by atoms with van der Waals surface area (Å²) in [5.74, 6) is 0. The molecule has 66 valence electrons. The number of benzene rings is 1. The highest BCUT2D eigenvalue weighted by Crippen LogP contribution is 2.00. The number of hydrogen-bond acceptors (Lipinski definition) is 2. The predicted octanol–water partition coefficient (Wildman–Crippen LogP) is 0.877. The van der Waals surface area contributed by atoms with Gasteiger partial charge in [0.05, 0.1) is 0 Å². The molecule has 1 aromatic carbocycles. The normalized spacial score (nSPS) is 8.25. The third kappa shape index (κ3) is 5.95. The topological polar surface area (TPSA) is 40.5 Å². The van der Waals surface area contributed by atoms with Crippen molar-refractivity contribution >= 4 is 7.69 Å². The van der Waals surface area contributed by atoms with Crippen LogP contribution >= 0.6 is 0 Å². The van der Waals surface area contributed by atoms with Crippen LogP contribution in [0.1, 0.15) is 18.9 Å². The molecule has 0 amide bonds. The van der Waals surface area contributed by atoms with E-state index in [9.17, 15) is 0 Å². The van der Waals surface area contributed by atoms with Crippen LogP contribution in [0.4, 0.5) is 0 Å². The van der Waals surface area contributed by atoms with Crippen molar-refractivity contribution < 1.29 is 10.0 Å². The summed E-state index contributed by atoms with van der Waals surface area (Å²) in [5.41, 5.74) is 1.44. The van der Waals surface area contributed by atoms with Gasteiger partial charge in [-0.2, -0.15) is 0 Å². The summed E-state index contributed by atoms with van der Waals surface area (Å²) in [7, 11) is -0.750. The lowest BCUT2D eigenvalue weighted by Gasteiger charge is -1.93. The van der Waals surface area contributed by atoms with Gasteiger partial charge in [0.15, 0.2) is 0 Å². The zero-order valence-corrected chi connectivity index (χ0v) is 7.40. The van der Waals surface area contributed by atoms with Gasteiger partial charge in [-0.05, 0) is 12.0 Å². The molecule has 0 aliphatic carbocycles. The van der Waals surface area contributed by atoms with Crippen molar-refractivity contribution in [3.63, 3.8) is 0 Å². The Labute approximate surface area is 74.2 Å². The third-order valence-electron chi connectivity index (χ3n) is 1.38. The summed E-state index contributed by atoms with van der Waals surface area (Å²) in [4.78, 5) is 0. The quantitative estimate of drug-likeness (QED) is 0.640. The van der Waals surface area contributed by atoms with Crippen molar-refractivity contribution in [1.82, 2.24) is 0 Å². The molecule has 3 heteroatoms. The smallest absolute Gasteiger partial charge is 0.430 e. The lowest BCUT2D eigenvalue weighted by molar-refractivity contribution is 0.448. The van der Waals surface area contributed by atoms with E-state index >= 15 is 0 Å². The Morgan fingerprint density at radius 3 is 2.08 bits per heavy atom. The predicted molar refractivity (Wildman–Crippen MR) is 52.0 cm³/mol. The van der Waals surface area contributed by atoms with Crippen molar-refractivity contribution in [2.45, 2.75) is 19.8 Å². The molecule has 0 aliphatic heterocycles. The summed E-state index contributed by atoms with van der Waals surface area (Å²) in [6, 6.07) is 10.6. The highest BCUT2D eigenvalue weighted by molar-refractivity contribution is 6.13. The average Bonchev–Trinajstić information content (AvgIpc) is 2.08. The second-order valence-corrected chi connectivity index (χ2v) is 2.38. The highest BCUT2D eigenvalue weighted by atomic mass is 16.4. The maximum absolute atomic E-state index is 7.12. The van der Waals surface area contributed by atoms with Crippen molar-refractivity contribution in [1.29, 1.82) is 0 Å². The molecule has 0 unspecified atom stereocenters. The van der Waals surface area contributed by atoms with Crippen LogP contribution < -0.4 is 0 Å². The van der Waals surface area contributed by atoms with Crippen LogP contribution in [0.3, 0.4) is 0 Å². The van der Waals surface area contributed by atoms with Gasteiger partial charge in [-0.15, -0.1) is 0 Å². The molecular formula is C9H15BO2. The minimum atomic E-state index is -0.750. The van der Waals surface area contributed by atoms with E-state index in [0.29, 0.717) is 0 Å². The molecule has 0 saturated heterocycles. The molecule has 0 bridgehead atoms. The maximum Gasteiger partial charge on any atom is 0.432 e. The Morgan fingerprint density at radius 1 is 1.17 bits per heavy atom. The van der Waals surface area contributed by atoms with Gasteiger partial charge in [-0.25, -0.2) is 0 Å². The fourth-order valence-electron chi connectivity index (χ4n) is 0.933. The first kappa shape index (κ1) is 11.2. The molecular weight excluding hydrogens is 151 g/mol. The van der Waals surface area contributed by atoms with Gasteiger partial charge in [0.1, 0.15) is 0 Å². The fraction of sp³-hybridized carbons (Fsp3) is 0.333. The van der Waals surface area contributed by atoms with E-state index < -0.39 is 7.69 Å².